The van der Waals surface area contributed by atoms with E-state index in [0.717, 1.165) is 10.1 Å². The van der Waals surface area contributed by atoms with Crippen LogP contribution >= 0.6 is 23.2 Å². The number of imidazole rings is 1. The summed E-state index contributed by atoms with van der Waals surface area (Å²) >= 11 is 12.6. The van der Waals surface area contributed by atoms with E-state index in [4.69, 9.17) is 27.9 Å². The monoisotopic (exact) mass is 458 g/mol. The molecule has 0 spiro atoms. The summed E-state index contributed by atoms with van der Waals surface area (Å²) in [5, 5.41) is 0.780. The maximum Gasteiger partial charge on any atom is 0.333 e. The Kier molecular flexibility index (Phi) is 6.27. The Balaban J connectivity index is 1.94. The Morgan fingerprint density at radius 1 is 0.935 bits per heavy atom. The third-order valence-electron chi connectivity index (χ3n) is 5.08. The van der Waals surface area contributed by atoms with Crippen molar-refractivity contribution in [2.24, 2.45) is 0 Å². The lowest BCUT2D eigenvalue weighted by molar-refractivity contribution is 0.188. The number of hydrogen-bond donors (Lipinski definition) is 0. The van der Waals surface area contributed by atoms with Crippen LogP contribution in [-0.4, -0.2) is 32.4 Å². The lowest BCUT2D eigenvalue weighted by Crippen LogP contribution is -2.41. The molecule has 4 rings (SSSR count). The fourth-order valence-corrected chi connectivity index (χ4v) is 4.00. The zero-order valence-electron chi connectivity index (χ0n) is 16.8. The van der Waals surface area contributed by atoms with Crippen molar-refractivity contribution in [3.63, 3.8) is 0 Å². The molecule has 0 saturated heterocycles. The topological polar surface area (TPSA) is 71.1 Å². The maximum absolute atomic E-state index is 13.4. The van der Waals surface area contributed by atoms with Crippen LogP contribution in [0.2, 0.25) is 10.0 Å². The summed E-state index contributed by atoms with van der Waals surface area (Å²) in [5.41, 5.74) is 1.16. The number of fused-ring (bicyclic) bond motifs is 1. The summed E-state index contributed by atoms with van der Waals surface area (Å²) in [6.07, 6.45) is 1.55. The highest BCUT2D eigenvalue weighted by atomic mass is 35.5. The average Bonchev–Trinajstić information content (AvgIpc) is 3.19. The summed E-state index contributed by atoms with van der Waals surface area (Å²) in [4.78, 5) is 31.2. The predicted octanol–water partition coefficient (Wildman–Crippen LogP) is 3.41. The van der Waals surface area contributed by atoms with E-state index in [2.05, 4.69) is 4.98 Å². The van der Waals surface area contributed by atoms with Crippen LogP contribution in [-0.2, 0) is 24.4 Å². The first-order chi connectivity index (χ1) is 15.0. The van der Waals surface area contributed by atoms with E-state index in [1.807, 2.05) is 30.3 Å². The van der Waals surface area contributed by atoms with Gasteiger partial charge in [-0.15, -0.1) is 0 Å². The van der Waals surface area contributed by atoms with Crippen molar-refractivity contribution >= 4 is 34.4 Å². The van der Waals surface area contributed by atoms with E-state index >= 15 is 0 Å². The van der Waals surface area contributed by atoms with Gasteiger partial charge in [0.2, 0.25) is 0 Å². The van der Waals surface area contributed by atoms with Gasteiger partial charge >= 0.3 is 5.69 Å². The second-order valence-corrected chi connectivity index (χ2v) is 7.86. The van der Waals surface area contributed by atoms with Crippen LogP contribution in [0, 0.1) is 0 Å². The second-order valence-electron chi connectivity index (χ2n) is 7.05. The number of benzene rings is 2. The van der Waals surface area contributed by atoms with Gasteiger partial charge < -0.3 is 9.30 Å². The van der Waals surface area contributed by atoms with Crippen molar-refractivity contribution in [1.82, 2.24) is 18.7 Å². The Morgan fingerprint density at radius 3 is 2.32 bits per heavy atom. The molecule has 2 aromatic carbocycles. The number of methoxy groups -OCH3 is 1. The Bertz CT molecular complexity index is 1320. The van der Waals surface area contributed by atoms with E-state index in [1.165, 1.54) is 4.57 Å². The van der Waals surface area contributed by atoms with E-state index in [9.17, 15) is 9.59 Å². The summed E-state index contributed by atoms with van der Waals surface area (Å²) in [6, 6.07) is 14.6. The lowest BCUT2D eigenvalue weighted by Gasteiger charge is -2.14. The summed E-state index contributed by atoms with van der Waals surface area (Å²) in [5.74, 6) is 0. The number of hydrogen-bond acceptors (Lipinski definition) is 4. The standard InChI is InChI=1S/C22H20Cl2N4O3/c1-31-11-10-26-14-25-20-19(26)21(29)28(13-16-17(23)8-5-9-18(16)24)22(30)27(20)12-15-6-3-2-4-7-15/h2-9,14H,10-13H2,1H3. The van der Waals surface area contributed by atoms with Crippen molar-refractivity contribution in [3.05, 3.63) is 96.9 Å². The molecule has 9 heteroatoms. The molecule has 0 aliphatic carbocycles. The zero-order chi connectivity index (χ0) is 22.0. The molecule has 4 aromatic rings. The first kappa shape index (κ1) is 21.4. The van der Waals surface area contributed by atoms with Gasteiger partial charge in [-0.2, -0.15) is 0 Å². The van der Waals surface area contributed by atoms with E-state index in [0.29, 0.717) is 39.9 Å². The molecule has 0 bridgehead atoms. The van der Waals surface area contributed by atoms with Crippen LogP contribution in [0.3, 0.4) is 0 Å². The molecule has 160 valence electrons. The Labute approximate surface area is 188 Å². The minimum atomic E-state index is -0.477. The summed E-state index contributed by atoms with van der Waals surface area (Å²) in [6.45, 7) is 1.06. The lowest BCUT2D eigenvalue weighted by atomic mass is 10.2. The largest absolute Gasteiger partial charge is 0.383 e. The van der Waals surface area contributed by atoms with E-state index in [-0.39, 0.29) is 13.1 Å². The predicted molar refractivity (Wildman–Crippen MR) is 121 cm³/mol. The fourth-order valence-electron chi connectivity index (χ4n) is 3.49. The molecule has 0 saturated carbocycles. The molecule has 0 N–H and O–H groups in total. The van der Waals surface area contributed by atoms with Crippen LogP contribution in [0.15, 0.2) is 64.4 Å². The molecule has 2 heterocycles. The van der Waals surface area contributed by atoms with Gasteiger partial charge in [-0.05, 0) is 17.7 Å². The second kappa shape index (κ2) is 9.09. The number of aromatic nitrogens is 4. The molecule has 0 aliphatic heterocycles. The average molecular weight is 459 g/mol. The number of ether oxygens (including phenoxy) is 1. The molecule has 31 heavy (non-hydrogen) atoms. The highest BCUT2D eigenvalue weighted by Gasteiger charge is 2.20. The van der Waals surface area contributed by atoms with Gasteiger partial charge in [0.1, 0.15) is 0 Å². The van der Waals surface area contributed by atoms with Crippen molar-refractivity contribution in [2.45, 2.75) is 19.6 Å². The summed E-state index contributed by atoms with van der Waals surface area (Å²) < 4.78 is 9.51. The third-order valence-corrected chi connectivity index (χ3v) is 5.79. The molecule has 0 unspecified atom stereocenters. The van der Waals surface area contributed by atoms with Crippen LogP contribution in [0.5, 0.6) is 0 Å². The van der Waals surface area contributed by atoms with E-state index < -0.39 is 11.2 Å². The van der Waals surface area contributed by atoms with Crippen molar-refractivity contribution in [1.29, 1.82) is 0 Å². The minimum absolute atomic E-state index is 0.0453. The fraction of sp³-hybridized carbons (Fsp3) is 0.227. The minimum Gasteiger partial charge on any atom is -0.383 e. The van der Waals surface area contributed by atoms with Gasteiger partial charge in [0, 0.05) is 29.3 Å². The number of halogens is 2. The zero-order valence-corrected chi connectivity index (χ0v) is 18.3. The van der Waals surface area contributed by atoms with Gasteiger partial charge in [-0.25, -0.2) is 9.78 Å². The number of nitrogens with zero attached hydrogens (tertiary/aromatic N) is 4. The van der Waals surface area contributed by atoms with Crippen molar-refractivity contribution in [3.8, 4) is 0 Å². The molecule has 0 amide bonds. The Hall–Kier alpha value is -2.87. The normalized spacial score (nSPS) is 11.3. The van der Waals surface area contributed by atoms with E-state index in [1.54, 1.807) is 36.2 Å². The molecule has 0 fully saturated rings. The number of rotatable bonds is 7. The Morgan fingerprint density at radius 2 is 1.65 bits per heavy atom. The molecule has 0 radical (unpaired) electrons. The van der Waals surface area contributed by atoms with Gasteiger partial charge in [-0.1, -0.05) is 59.6 Å². The quantitative estimate of drug-likeness (QED) is 0.425. The molecule has 0 aliphatic rings. The summed E-state index contributed by atoms with van der Waals surface area (Å²) in [7, 11) is 1.59. The molecular weight excluding hydrogens is 439 g/mol. The molecule has 2 aromatic heterocycles. The van der Waals surface area contributed by atoms with Crippen LogP contribution in [0.25, 0.3) is 11.2 Å². The van der Waals surface area contributed by atoms with Gasteiger partial charge in [-0.3, -0.25) is 13.9 Å². The first-order valence-electron chi connectivity index (χ1n) is 9.65. The van der Waals surface area contributed by atoms with Gasteiger partial charge in [0.15, 0.2) is 11.2 Å². The van der Waals surface area contributed by atoms with Crippen LogP contribution in [0.1, 0.15) is 11.1 Å². The van der Waals surface area contributed by atoms with Crippen LogP contribution < -0.4 is 11.2 Å². The van der Waals surface area contributed by atoms with Crippen LogP contribution in [0.4, 0.5) is 0 Å². The van der Waals surface area contributed by atoms with Gasteiger partial charge in [0.25, 0.3) is 5.56 Å². The maximum atomic E-state index is 13.4. The van der Waals surface area contributed by atoms with Crippen molar-refractivity contribution < 1.29 is 4.74 Å². The smallest absolute Gasteiger partial charge is 0.333 e. The highest BCUT2D eigenvalue weighted by molar-refractivity contribution is 6.35. The third kappa shape index (κ3) is 4.17. The molecular formula is C22H20Cl2N4O3. The van der Waals surface area contributed by atoms with Gasteiger partial charge in [0.05, 0.1) is 26.0 Å². The SMILES string of the molecule is COCCn1cnc2c1c(=O)n(Cc1c(Cl)cccc1Cl)c(=O)n2Cc1ccccc1. The highest BCUT2D eigenvalue weighted by Crippen LogP contribution is 2.24. The first-order valence-corrected chi connectivity index (χ1v) is 10.4. The molecule has 7 nitrogen and oxygen atoms in total. The van der Waals surface area contributed by atoms with Crippen molar-refractivity contribution in [2.75, 3.05) is 13.7 Å². The molecule has 0 atom stereocenters.